The van der Waals surface area contributed by atoms with Crippen molar-refractivity contribution in [3.8, 4) is 0 Å². The number of rotatable bonds is 2. The van der Waals surface area contributed by atoms with Gasteiger partial charge in [-0.2, -0.15) is 10.2 Å². The Balaban J connectivity index is 1.90. The maximum atomic E-state index is 4.40. The first kappa shape index (κ1) is 11.2. The maximum Gasteiger partial charge on any atom is 0.0901 e. The largest absolute Gasteiger partial charge is 0.153 e. The van der Waals surface area contributed by atoms with E-state index in [0.717, 1.165) is 22.9 Å². The van der Waals surface area contributed by atoms with E-state index in [-0.39, 0.29) is 0 Å². The molecule has 0 atom stereocenters. The molecule has 2 aromatic heterocycles. The van der Waals surface area contributed by atoms with Crippen molar-refractivity contribution in [3.05, 3.63) is 44.8 Å². The zero-order valence-electron chi connectivity index (χ0n) is 9.00. The minimum absolute atomic E-state index is 0.943. The highest BCUT2D eigenvalue weighted by Gasteiger charge is 2.12. The van der Waals surface area contributed by atoms with E-state index in [2.05, 4.69) is 45.2 Å². The van der Waals surface area contributed by atoms with Crippen molar-refractivity contribution in [1.29, 1.82) is 0 Å². The molecule has 0 N–H and O–H groups in total. The predicted octanol–water partition coefficient (Wildman–Crippen LogP) is 3.75. The summed E-state index contributed by atoms with van der Waals surface area (Å²) in [6.45, 7) is 0. The van der Waals surface area contributed by atoms with Crippen molar-refractivity contribution >= 4 is 45.9 Å². The predicted molar refractivity (Wildman–Crippen MR) is 79.0 cm³/mol. The average Bonchev–Trinajstić information content (AvgIpc) is 2.99. The van der Waals surface area contributed by atoms with Crippen LogP contribution in [0.2, 0.25) is 0 Å². The summed E-state index contributed by atoms with van der Waals surface area (Å²) in [5, 5.41) is 13.0. The van der Waals surface area contributed by atoms with Gasteiger partial charge in [0.05, 0.1) is 21.2 Å². The van der Waals surface area contributed by atoms with E-state index in [4.69, 9.17) is 0 Å². The van der Waals surface area contributed by atoms with Crippen LogP contribution in [0, 0.1) is 0 Å². The average molecular weight is 278 g/mol. The highest BCUT2D eigenvalue weighted by molar-refractivity contribution is 8.00. The van der Waals surface area contributed by atoms with Crippen LogP contribution in [0.3, 0.4) is 0 Å². The van der Waals surface area contributed by atoms with Gasteiger partial charge in [0.15, 0.2) is 0 Å². The molecule has 1 aliphatic rings. The molecule has 0 saturated heterocycles. The number of thiophene rings is 2. The van der Waals surface area contributed by atoms with E-state index < -0.39 is 0 Å². The molecule has 0 aromatic carbocycles. The molecule has 0 fully saturated rings. The Kier molecular flexibility index (Phi) is 3.40. The van der Waals surface area contributed by atoms with Crippen LogP contribution in [-0.2, 0) is 0 Å². The minimum Gasteiger partial charge on any atom is -0.153 e. The molecule has 3 heterocycles. The van der Waals surface area contributed by atoms with Crippen molar-refractivity contribution in [1.82, 2.24) is 0 Å². The third kappa shape index (κ3) is 2.51. The van der Waals surface area contributed by atoms with E-state index in [1.165, 1.54) is 9.75 Å². The summed E-state index contributed by atoms with van der Waals surface area (Å²) in [4.78, 5) is 2.46. The fourth-order valence-electron chi connectivity index (χ4n) is 1.55. The van der Waals surface area contributed by atoms with E-state index in [1.54, 1.807) is 22.7 Å². The van der Waals surface area contributed by atoms with Crippen LogP contribution in [0.5, 0.6) is 0 Å². The Morgan fingerprint density at radius 3 is 1.76 bits per heavy atom. The smallest absolute Gasteiger partial charge is 0.0901 e. The molecule has 17 heavy (non-hydrogen) atoms. The highest BCUT2D eigenvalue weighted by Crippen LogP contribution is 2.20. The van der Waals surface area contributed by atoms with Crippen molar-refractivity contribution < 1.29 is 0 Å². The topological polar surface area (TPSA) is 24.7 Å². The van der Waals surface area contributed by atoms with Crippen LogP contribution < -0.4 is 0 Å². The number of hydrogen-bond donors (Lipinski definition) is 0. The fraction of sp³-hybridized carbons (Fsp3) is 0.167. The maximum absolute atomic E-state index is 4.40. The molecule has 0 aliphatic carbocycles. The SMILES string of the molecule is c1csc(C2=NN=C(c3cccs3)CSC2)c1. The Bertz CT molecular complexity index is 488. The molecule has 2 nitrogen and oxygen atoms in total. The van der Waals surface area contributed by atoms with Crippen LogP contribution in [0.15, 0.2) is 45.2 Å². The summed E-state index contributed by atoms with van der Waals surface area (Å²) in [6, 6.07) is 8.33. The van der Waals surface area contributed by atoms with Gasteiger partial charge in [0.25, 0.3) is 0 Å². The number of nitrogens with zero attached hydrogens (tertiary/aromatic N) is 2. The second-order valence-corrected chi connectivity index (χ2v) is 6.42. The fourth-order valence-corrected chi connectivity index (χ4v) is 4.07. The lowest BCUT2D eigenvalue weighted by molar-refractivity contribution is 1.23. The quantitative estimate of drug-likeness (QED) is 0.821. The molecule has 86 valence electrons. The zero-order chi connectivity index (χ0) is 11.5. The summed E-state index contributed by atoms with van der Waals surface area (Å²) >= 11 is 5.33. The number of hydrogen-bond acceptors (Lipinski definition) is 5. The zero-order valence-corrected chi connectivity index (χ0v) is 11.4. The van der Waals surface area contributed by atoms with E-state index >= 15 is 0 Å². The Morgan fingerprint density at radius 1 is 0.824 bits per heavy atom. The molecule has 0 spiro atoms. The summed E-state index contributed by atoms with van der Waals surface area (Å²) in [5.41, 5.74) is 2.19. The van der Waals surface area contributed by atoms with Crippen molar-refractivity contribution in [2.75, 3.05) is 11.5 Å². The van der Waals surface area contributed by atoms with Crippen molar-refractivity contribution in [2.45, 2.75) is 0 Å². The molecule has 5 heteroatoms. The van der Waals surface area contributed by atoms with Crippen molar-refractivity contribution in [2.24, 2.45) is 10.2 Å². The standard InChI is InChI=1S/C12H10N2S3/c1-3-11(16-5-1)9-7-15-8-10(14-13-9)12-4-2-6-17-12/h1-6H,7-8H2. The molecule has 0 radical (unpaired) electrons. The number of thioether (sulfide) groups is 1. The van der Waals surface area contributed by atoms with Gasteiger partial charge in [-0.25, -0.2) is 0 Å². The van der Waals surface area contributed by atoms with Gasteiger partial charge in [0.1, 0.15) is 0 Å². The van der Waals surface area contributed by atoms with Gasteiger partial charge in [-0.05, 0) is 22.9 Å². The van der Waals surface area contributed by atoms with E-state index in [0.29, 0.717) is 0 Å². The molecular formula is C12H10N2S3. The second kappa shape index (κ2) is 5.16. The Hall–Kier alpha value is -0.910. The minimum atomic E-state index is 0.943. The molecule has 0 saturated carbocycles. The van der Waals surface area contributed by atoms with Crippen LogP contribution in [-0.4, -0.2) is 22.9 Å². The lowest BCUT2D eigenvalue weighted by Gasteiger charge is -1.98. The monoisotopic (exact) mass is 278 g/mol. The van der Waals surface area contributed by atoms with Crippen molar-refractivity contribution in [3.63, 3.8) is 0 Å². The van der Waals surface area contributed by atoms with E-state index in [1.807, 2.05) is 11.8 Å². The first-order valence-electron chi connectivity index (χ1n) is 5.22. The molecule has 2 aromatic rings. The molecule has 1 aliphatic heterocycles. The van der Waals surface area contributed by atoms with Gasteiger partial charge < -0.3 is 0 Å². The van der Waals surface area contributed by atoms with Crippen LogP contribution in [0.1, 0.15) is 9.75 Å². The Morgan fingerprint density at radius 2 is 1.35 bits per heavy atom. The Labute approximate surface area is 112 Å². The van der Waals surface area contributed by atoms with Crippen LogP contribution in [0.4, 0.5) is 0 Å². The first-order chi connectivity index (χ1) is 8.43. The van der Waals surface area contributed by atoms with Gasteiger partial charge in [-0.3, -0.25) is 0 Å². The summed E-state index contributed by atoms with van der Waals surface area (Å²) in [5.74, 6) is 1.89. The lowest BCUT2D eigenvalue weighted by atomic mass is 10.3. The van der Waals surface area contributed by atoms with Gasteiger partial charge in [0, 0.05) is 11.5 Å². The lowest BCUT2D eigenvalue weighted by Crippen LogP contribution is -2.02. The highest BCUT2D eigenvalue weighted by atomic mass is 32.2. The van der Waals surface area contributed by atoms with Crippen LogP contribution in [0.25, 0.3) is 0 Å². The molecule has 0 amide bonds. The normalized spacial score (nSPS) is 16.2. The van der Waals surface area contributed by atoms with Gasteiger partial charge in [-0.1, -0.05) is 12.1 Å². The third-order valence-electron chi connectivity index (χ3n) is 2.38. The molecule has 3 rings (SSSR count). The first-order valence-corrected chi connectivity index (χ1v) is 8.14. The summed E-state index contributed by atoms with van der Waals surface area (Å²) < 4.78 is 0. The second-order valence-electron chi connectivity index (χ2n) is 3.54. The molecule has 0 unspecified atom stereocenters. The van der Waals surface area contributed by atoms with Crippen LogP contribution >= 0.6 is 34.4 Å². The molecular weight excluding hydrogens is 268 g/mol. The molecule has 0 bridgehead atoms. The third-order valence-corrected chi connectivity index (χ3v) is 5.17. The van der Waals surface area contributed by atoms with Gasteiger partial charge in [-0.15, -0.1) is 34.4 Å². The summed E-state index contributed by atoms with van der Waals surface area (Å²) in [6.07, 6.45) is 0. The van der Waals surface area contributed by atoms with Gasteiger partial charge in [0.2, 0.25) is 0 Å². The van der Waals surface area contributed by atoms with Gasteiger partial charge >= 0.3 is 0 Å². The van der Waals surface area contributed by atoms with E-state index in [9.17, 15) is 0 Å². The summed E-state index contributed by atoms with van der Waals surface area (Å²) in [7, 11) is 0.